The highest BCUT2D eigenvalue weighted by Crippen LogP contribution is 2.30. The van der Waals surface area contributed by atoms with Crippen LogP contribution in [-0.2, 0) is 6.54 Å². The zero-order chi connectivity index (χ0) is 26.5. The number of fused-ring (bicyclic) bond motifs is 1. The van der Waals surface area contributed by atoms with E-state index in [1.54, 1.807) is 6.07 Å². The van der Waals surface area contributed by atoms with Crippen molar-refractivity contribution < 1.29 is 10.2 Å². The van der Waals surface area contributed by atoms with Crippen molar-refractivity contribution in [3.05, 3.63) is 72.8 Å². The largest absolute Gasteiger partial charge is 0.326 e. The molecule has 1 saturated heterocycles. The number of aromatic nitrogens is 5. The minimum absolute atomic E-state index is 0. The van der Waals surface area contributed by atoms with E-state index >= 15 is 0 Å². The Kier molecular flexibility index (Phi) is 8.20. The van der Waals surface area contributed by atoms with E-state index in [2.05, 4.69) is 48.6 Å². The number of halogens is 2. The zero-order valence-electron chi connectivity index (χ0n) is 21.4. The number of piperazine rings is 1. The smallest absolute Gasteiger partial charge is 0.229 e. The average molecular weight is 509 g/mol. The van der Waals surface area contributed by atoms with Crippen molar-refractivity contribution in [3.63, 3.8) is 0 Å². The lowest BCUT2D eigenvalue weighted by atomic mass is 10.1. The van der Waals surface area contributed by atoms with E-state index in [9.17, 15) is 8.78 Å². The second-order valence-electron chi connectivity index (χ2n) is 9.04. The molecule has 5 rings (SSSR count). The molecule has 4 aromatic rings. The number of nitrogens with one attached hydrogen (secondary N) is 2. The van der Waals surface area contributed by atoms with Crippen LogP contribution in [0, 0.1) is 18.6 Å². The van der Waals surface area contributed by atoms with Crippen LogP contribution in [-0.4, -0.2) is 55.6 Å². The van der Waals surface area contributed by atoms with Crippen LogP contribution in [0.4, 0.5) is 20.5 Å². The summed E-state index contributed by atoms with van der Waals surface area (Å²) in [5.41, 5.74) is 2.30. The van der Waals surface area contributed by atoms with Crippen LogP contribution in [0.1, 0.15) is 32.7 Å². The van der Waals surface area contributed by atoms with E-state index in [0.717, 1.165) is 44.5 Å². The molecule has 0 bridgehead atoms. The predicted molar refractivity (Wildman–Crippen MR) is 145 cm³/mol. The van der Waals surface area contributed by atoms with Gasteiger partial charge in [0, 0.05) is 52.0 Å². The third-order valence-corrected chi connectivity index (χ3v) is 6.14. The van der Waals surface area contributed by atoms with Crippen molar-refractivity contribution in [1.29, 1.82) is 0 Å². The molecule has 1 fully saturated rings. The topological polar surface area (TPSA) is 83.8 Å². The van der Waals surface area contributed by atoms with Crippen molar-refractivity contribution >= 4 is 22.8 Å². The molecular weight excluding hydrogens is 474 g/mol. The number of rotatable bonds is 6. The molecule has 0 amide bonds. The molecule has 0 radical (unpaired) electrons. The number of hydrogen-bond donors (Lipinski definition) is 2. The fourth-order valence-corrected chi connectivity index (χ4v) is 4.52. The van der Waals surface area contributed by atoms with Crippen molar-refractivity contribution in [1.82, 2.24) is 34.7 Å². The van der Waals surface area contributed by atoms with E-state index < -0.39 is 11.6 Å². The second kappa shape index (κ2) is 11.5. The molecule has 3 aromatic heterocycles. The number of pyridine rings is 1. The lowest BCUT2D eigenvalue weighted by molar-refractivity contribution is 0.233. The summed E-state index contributed by atoms with van der Waals surface area (Å²) in [7, 11) is 0. The fraction of sp³-hybridized carbons (Fsp3) is 0.333. The van der Waals surface area contributed by atoms with Crippen molar-refractivity contribution in [2.75, 3.05) is 31.5 Å². The molecule has 0 unspecified atom stereocenters. The Hall–Kier alpha value is -3.76. The number of anilines is 2. The first-order valence-corrected chi connectivity index (χ1v) is 12.2. The quantitative estimate of drug-likeness (QED) is 0.344. The van der Waals surface area contributed by atoms with Crippen molar-refractivity contribution in [2.24, 2.45) is 0 Å². The SMILES string of the molecule is C=C.Cc1nc2c(F)cc(-c3nc(Nc4ccc(CN5CCNCC5)cn4)ncc3F)cc2n1C(C)C.[HH]. The molecular formula is C27H34F2N8. The zero-order valence-corrected chi connectivity index (χ0v) is 21.4. The molecule has 1 aliphatic rings. The fourth-order valence-electron chi connectivity index (χ4n) is 4.52. The molecule has 0 spiro atoms. The number of hydrogen-bond acceptors (Lipinski definition) is 7. The molecule has 4 heterocycles. The maximum Gasteiger partial charge on any atom is 0.229 e. The van der Waals surface area contributed by atoms with E-state index in [4.69, 9.17) is 0 Å². The maximum atomic E-state index is 14.9. The highest BCUT2D eigenvalue weighted by Gasteiger charge is 2.18. The minimum Gasteiger partial charge on any atom is -0.326 e. The molecule has 0 atom stereocenters. The van der Waals surface area contributed by atoms with E-state index in [1.807, 2.05) is 43.7 Å². The van der Waals surface area contributed by atoms with Crippen LogP contribution in [0.25, 0.3) is 22.3 Å². The lowest BCUT2D eigenvalue weighted by Gasteiger charge is -2.27. The number of aryl methyl sites for hydroxylation is 1. The molecule has 8 nitrogen and oxygen atoms in total. The molecule has 1 aliphatic heterocycles. The summed E-state index contributed by atoms with van der Waals surface area (Å²) in [6.07, 6.45) is 2.89. The molecule has 0 saturated carbocycles. The molecule has 37 heavy (non-hydrogen) atoms. The lowest BCUT2D eigenvalue weighted by Crippen LogP contribution is -2.42. The first-order valence-electron chi connectivity index (χ1n) is 12.2. The number of imidazole rings is 1. The van der Waals surface area contributed by atoms with Crippen LogP contribution in [0.15, 0.2) is 49.8 Å². The Labute approximate surface area is 217 Å². The average Bonchev–Trinajstić information content (AvgIpc) is 3.25. The highest BCUT2D eigenvalue weighted by atomic mass is 19.1. The van der Waals surface area contributed by atoms with Gasteiger partial charge in [-0.1, -0.05) is 6.07 Å². The van der Waals surface area contributed by atoms with Crippen molar-refractivity contribution in [2.45, 2.75) is 33.4 Å². The van der Waals surface area contributed by atoms with Gasteiger partial charge in [-0.3, -0.25) is 4.90 Å². The molecule has 2 N–H and O–H groups in total. The highest BCUT2D eigenvalue weighted by molar-refractivity contribution is 5.83. The first-order chi connectivity index (χ1) is 17.9. The van der Waals surface area contributed by atoms with Gasteiger partial charge >= 0.3 is 0 Å². The summed E-state index contributed by atoms with van der Waals surface area (Å²) in [6.45, 7) is 16.7. The van der Waals surface area contributed by atoms with Crippen LogP contribution in [0.3, 0.4) is 0 Å². The van der Waals surface area contributed by atoms with E-state index in [1.165, 1.54) is 6.07 Å². The third kappa shape index (κ3) is 5.81. The Morgan fingerprint density at radius 2 is 1.81 bits per heavy atom. The Balaban J connectivity index is 0.00000130. The summed E-state index contributed by atoms with van der Waals surface area (Å²) < 4.78 is 31.6. The number of benzene rings is 1. The van der Waals surface area contributed by atoms with Crippen LogP contribution in [0.5, 0.6) is 0 Å². The van der Waals surface area contributed by atoms with Crippen LogP contribution < -0.4 is 10.6 Å². The minimum atomic E-state index is -0.638. The van der Waals surface area contributed by atoms with Gasteiger partial charge in [-0.05, 0) is 44.5 Å². The summed E-state index contributed by atoms with van der Waals surface area (Å²) in [5.74, 6) is 0.262. The van der Waals surface area contributed by atoms with Gasteiger partial charge in [0.15, 0.2) is 11.6 Å². The van der Waals surface area contributed by atoms with Gasteiger partial charge in [0.1, 0.15) is 22.9 Å². The van der Waals surface area contributed by atoms with E-state index in [-0.39, 0.29) is 24.6 Å². The Bertz CT molecular complexity index is 1370. The van der Waals surface area contributed by atoms with Gasteiger partial charge in [-0.15, -0.1) is 13.2 Å². The monoisotopic (exact) mass is 508 g/mol. The summed E-state index contributed by atoms with van der Waals surface area (Å²) in [5, 5.41) is 6.37. The van der Waals surface area contributed by atoms with Gasteiger partial charge in [0.05, 0.1) is 11.7 Å². The van der Waals surface area contributed by atoms with Crippen molar-refractivity contribution in [3.8, 4) is 11.3 Å². The Morgan fingerprint density at radius 3 is 2.49 bits per heavy atom. The van der Waals surface area contributed by atoms with E-state index in [0.29, 0.717) is 22.7 Å². The molecule has 1 aromatic carbocycles. The standard InChI is InChI=1S/C25H28F2N8.C2H4.H2/c1-15(2)35-16(3)31-24-19(26)10-18(11-21(24)35)23-20(27)13-30-25(33-23)32-22-5-4-17(12-29-22)14-34-8-6-28-7-9-34;1-2;/h4-5,10-13,15,28H,6-9,14H2,1-3H3,(H,29,30,32,33);1-2H2;1H. The summed E-state index contributed by atoms with van der Waals surface area (Å²) in [4.78, 5) is 19.6. The second-order valence-corrected chi connectivity index (χ2v) is 9.04. The predicted octanol–water partition coefficient (Wildman–Crippen LogP) is 5.25. The van der Waals surface area contributed by atoms with Gasteiger partial charge in [0.25, 0.3) is 0 Å². The summed E-state index contributed by atoms with van der Waals surface area (Å²) in [6, 6.07) is 6.90. The Morgan fingerprint density at radius 1 is 1.05 bits per heavy atom. The molecule has 196 valence electrons. The number of nitrogens with zero attached hydrogens (tertiary/aromatic N) is 6. The van der Waals surface area contributed by atoms with Gasteiger partial charge in [-0.2, -0.15) is 0 Å². The maximum absolute atomic E-state index is 14.9. The van der Waals surface area contributed by atoms with Crippen LogP contribution in [0.2, 0.25) is 0 Å². The van der Waals surface area contributed by atoms with Gasteiger partial charge in [0.2, 0.25) is 5.95 Å². The molecule has 10 heteroatoms. The molecule has 0 aliphatic carbocycles. The van der Waals surface area contributed by atoms with Gasteiger partial charge in [-0.25, -0.2) is 28.7 Å². The normalized spacial score (nSPS) is 14.0. The van der Waals surface area contributed by atoms with Crippen LogP contribution >= 0.6 is 0 Å². The summed E-state index contributed by atoms with van der Waals surface area (Å²) >= 11 is 0. The van der Waals surface area contributed by atoms with Gasteiger partial charge < -0.3 is 15.2 Å². The first kappa shape index (κ1) is 26.3. The third-order valence-electron chi connectivity index (χ3n) is 6.14.